The first-order valence-electron chi connectivity index (χ1n) is 5.87. The smallest absolute Gasteiger partial charge is 0.159 e. The van der Waals surface area contributed by atoms with Crippen molar-refractivity contribution < 1.29 is 4.79 Å². The average Bonchev–Trinajstić information content (AvgIpc) is 2.75. The van der Waals surface area contributed by atoms with Crippen molar-refractivity contribution in [2.75, 3.05) is 0 Å². The van der Waals surface area contributed by atoms with E-state index in [-0.39, 0.29) is 0 Å². The van der Waals surface area contributed by atoms with Crippen LogP contribution in [0.25, 0.3) is 5.57 Å². The second-order valence-electron chi connectivity index (χ2n) is 4.43. The van der Waals surface area contributed by atoms with Gasteiger partial charge < -0.3 is 0 Å². The monoisotopic (exact) mass is 210 g/mol. The molecule has 16 heavy (non-hydrogen) atoms. The Morgan fingerprint density at radius 1 is 1.06 bits per heavy atom. The maximum atomic E-state index is 11.8. The molecule has 1 aromatic carbocycles. The topological polar surface area (TPSA) is 17.1 Å². The van der Waals surface area contributed by atoms with Gasteiger partial charge in [0.25, 0.3) is 0 Å². The van der Waals surface area contributed by atoms with E-state index in [1.54, 1.807) is 0 Å². The second-order valence-corrected chi connectivity index (χ2v) is 4.43. The number of carbonyl (C=O) groups excluding carboxylic acids is 1. The summed E-state index contributed by atoms with van der Waals surface area (Å²) in [5, 5.41) is 0. The summed E-state index contributed by atoms with van der Waals surface area (Å²) in [6, 6.07) is 8.40. The predicted octanol–water partition coefficient (Wildman–Crippen LogP) is 3.31. The first-order valence-corrected chi connectivity index (χ1v) is 5.87. The molecule has 1 nitrogen and oxygen atoms in total. The number of allylic oxidation sites excluding steroid dienone is 4. The molecule has 0 bridgehead atoms. The molecule has 0 unspecified atom stereocenters. The van der Waals surface area contributed by atoms with Crippen LogP contribution in [0.2, 0.25) is 0 Å². The number of ketones is 1. The molecule has 0 saturated heterocycles. The van der Waals surface area contributed by atoms with Gasteiger partial charge in [0.2, 0.25) is 0 Å². The Balaban J connectivity index is 2.18. The minimum absolute atomic E-state index is 0.344. The van der Waals surface area contributed by atoms with Crippen LogP contribution in [0.1, 0.15) is 30.4 Å². The molecule has 80 valence electrons. The molecule has 3 rings (SSSR count). The minimum Gasteiger partial charge on any atom is -0.295 e. The van der Waals surface area contributed by atoms with Gasteiger partial charge in [0, 0.05) is 12.0 Å². The van der Waals surface area contributed by atoms with E-state index in [0.717, 1.165) is 31.3 Å². The van der Waals surface area contributed by atoms with Gasteiger partial charge in [-0.25, -0.2) is 0 Å². The van der Waals surface area contributed by atoms with Crippen molar-refractivity contribution in [3.05, 3.63) is 53.1 Å². The Bertz CT molecular complexity index is 506. The minimum atomic E-state index is 0.344. The molecule has 1 aromatic rings. The third kappa shape index (κ3) is 1.44. The molecule has 1 fully saturated rings. The maximum absolute atomic E-state index is 11.8. The maximum Gasteiger partial charge on any atom is 0.159 e. The summed E-state index contributed by atoms with van der Waals surface area (Å²) in [7, 11) is 0. The van der Waals surface area contributed by atoms with Gasteiger partial charge in [0.15, 0.2) is 5.78 Å². The number of carbonyl (C=O) groups is 1. The van der Waals surface area contributed by atoms with Crippen LogP contribution in [0.4, 0.5) is 0 Å². The molecular formula is C15H14O. The zero-order valence-corrected chi connectivity index (χ0v) is 9.20. The summed E-state index contributed by atoms with van der Waals surface area (Å²) in [6.45, 7) is 0. The molecule has 1 saturated carbocycles. The SMILES string of the molecule is O=C1CCC/C1=C1/C=CCc2ccccc21. The van der Waals surface area contributed by atoms with Crippen molar-refractivity contribution in [1.82, 2.24) is 0 Å². The van der Waals surface area contributed by atoms with E-state index in [2.05, 4.69) is 36.4 Å². The highest BCUT2D eigenvalue weighted by Gasteiger charge is 2.22. The molecule has 0 atom stereocenters. The number of fused-ring (bicyclic) bond motifs is 1. The molecule has 0 spiro atoms. The van der Waals surface area contributed by atoms with Crippen LogP contribution in [0.3, 0.4) is 0 Å². The Morgan fingerprint density at radius 2 is 1.94 bits per heavy atom. The molecule has 2 aliphatic rings. The van der Waals surface area contributed by atoms with E-state index in [9.17, 15) is 4.79 Å². The van der Waals surface area contributed by atoms with Gasteiger partial charge in [-0.05, 0) is 36.0 Å². The van der Waals surface area contributed by atoms with Crippen molar-refractivity contribution >= 4 is 11.4 Å². The summed E-state index contributed by atoms with van der Waals surface area (Å²) in [5.74, 6) is 0.344. The lowest BCUT2D eigenvalue weighted by Crippen LogP contribution is -2.02. The van der Waals surface area contributed by atoms with E-state index in [4.69, 9.17) is 0 Å². The van der Waals surface area contributed by atoms with Crippen molar-refractivity contribution in [2.45, 2.75) is 25.7 Å². The van der Waals surface area contributed by atoms with Gasteiger partial charge in [-0.1, -0.05) is 36.4 Å². The second kappa shape index (κ2) is 3.75. The van der Waals surface area contributed by atoms with E-state index < -0.39 is 0 Å². The molecule has 0 aliphatic heterocycles. The van der Waals surface area contributed by atoms with E-state index >= 15 is 0 Å². The van der Waals surface area contributed by atoms with Crippen molar-refractivity contribution in [1.29, 1.82) is 0 Å². The molecule has 1 heteroatoms. The molecule has 0 N–H and O–H groups in total. The van der Waals surface area contributed by atoms with Gasteiger partial charge in [-0.15, -0.1) is 0 Å². The van der Waals surface area contributed by atoms with Crippen LogP contribution in [-0.4, -0.2) is 5.78 Å². The first kappa shape index (κ1) is 9.59. The van der Waals surface area contributed by atoms with E-state index in [1.165, 1.54) is 16.7 Å². The van der Waals surface area contributed by atoms with Gasteiger partial charge in [0.05, 0.1) is 0 Å². The van der Waals surface area contributed by atoms with Gasteiger partial charge in [-0.2, -0.15) is 0 Å². The first-order chi connectivity index (χ1) is 7.86. The van der Waals surface area contributed by atoms with Gasteiger partial charge >= 0.3 is 0 Å². The molecular weight excluding hydrogens is 196 g/mol. The summed E-state index contributed by atoms with van der Waals surface area (Å²) >= 11 is 0. The molecule has 2 aliphatic carbocycles. The highest BCUT2D eigenvalue weighted by molar-refractivity contribution is 6.06. The van der Waals surface area contributed by atoms with Gasteiger partial charge in [0.1, 0.15) is 0 Å². The summed E-state index contributed by atoms with van der Waals surface area (Å²) in [5.41, 5.74) is 4.82. The molecule has 0 radical (unpaired) electrons. The van der Waals surface area contributed by atoms with Crippen LogP contribution < -0.4 is 0 Å². The number of benzene rings is 1. The molecule has 0 heterocycles. The summed E-state index contributed by atoms with van der Waals surface area (Å²) in [6.07, 6.45) is 7.98. The van der Waals surface area contributed by atoms with E-state index in [0.29, 0.717) is 5.78 Å². The van der Waals surface area contributed by atoms with Crippen LogP contribution >= 0.6 is 0 Å². The highest BCUT2D eigenvalue weighted by atomic mass is 16.1. The zero-order valence-electron chi connectivity index (χ0n) is 9.20. The zero-order chi connectivity index (χ0) is 11.0. The van der Waals surface area contributed by atoms with Crippen molar-refractivity contribution in [2.24, 2.45) is 0 Å². The summed E-state index contributed by atoms with van der Waals surface area (Å²) in [4.78, 5) is 11.8. The molecule has 0 amide bonds. The van der Waals surface area contributed by atoms with Crippen LogP contribution in [0, 0.1) is 0 Å². The summed E-state index contributed by atoms with van der Waals surface area (Å²) < 4.78 is 0. The third-order valence-electron chi connectivity index (χ3n) is 3.42. The third-order valence-corrected chi connectivity index (χ3v) is 3.42. The standard InChI is InChI=1S/C15H14O/c16-15-10-4-9-14(15)13-8-3-6-11-5-1-2-7-12(11)13/h1-3,5,7-8H,4,6,9-10H2/b14-13+. The van der Waals surface area contributed by atoms with Crippen LogP contribution in [0.15, 0.2) is 42.0 Å². The number of hydrogen-bond donors (Lipinski definition) is 0. The van der Waals surface area contributed by atoms with Gasteiger partial charge in [-0.3, -0.25) is 4.79 Å². The van der Waals surface area contributed by atoms with Crippen LogP contribution in [-0.2, 0) is 11.2 Å². The Kier molecular flexibility index (Phi) is 2.24. The number of Topliss-reactive ketones (excluding diaryl/α,β-unsaturated/α-hetero) is 1. The largest absolute Gasteiger partial charge is 0.295 e. The van der Waals surface area contributed by atoms with Crippen LogP contribution in [0.5, 0.6) is 0 Å². The Labute approximate surface area is 95.5 Å². The average molecular weight is 210 g/mol. The number of rotatable bonds is 0. The lowest BCUT2D eigenvalue weighted by Gasteiger charge is -2.15. The fourth-order valence-electron chi connectivity index (χ4n) is 2.62. The quantitative estimate of drug-likeness (QED) is 0.600. The lowest BCUT2D eigenvalue weighted by atomic mass is 9.89. The predicted molar refractivity (Wildman–Crippen MR) is 65.1 cm³/mol. The molecule has 0 aromatic heterocycles. The number of hydrogen-bond acceptors (Lipinski definition) is 1. The Hall–Kier alpha value is -1.63. The normalized spacial score (nSPS) is 23.6. The lowest BCUT2D eigenvalue weighted by molar-refractivity contribution is -0.114. The fraction of sp³-hybridized carbons (Fsp3) is 0.267. The van der Waals surface area contributed by atoms with E-state index in [1.807, 2.05) is 0 Å². The highest BCUT2D eigenvalue weighted by Crippen LogP contribution is 2.34. The van der Waals surface area contributed by atoms with Crippen molar-refractivity contribution in [3.63, 3.8) is 0 Å². The Morgan fingerprint density at radius 3 is 2.75 bits per heavy atom. The van der Waals surface area contributed by atoms with Crippen molar-refractivity contribution in [3.8, 4) is 0 Å². The fourth-order valence-corrected chi connectivity index (χ4v) is 2.62.